The second kappa shape index (κ2) is 2.34. The van der Waals surface area contributed by atoms with Gasteiger partial charge in [0.25, 0.3) is 5.56 Å². The summed E-state index contributed by atoms with van der Waals surface area (Å²) in [5.41, 5.74) is 5.94. The molecule has 0 unspecified atom stereocenters. The first-order chi connectivity index (χ1) is 5.79. The molecule has 0 saturated carbocycles. The SMILES string of the molecule is Nc1cnc2ccccn2c1=O. The van der Waals surface area contributed by atoms with Crippen LogP contribution in [0.5, 0.6) is 0 Å². The quantitative estimate of drug-likeness (QED) is 0.603. The molecule has 0 bridgehead atoms. The van der Waals surface area contributed by atoms with Crippen LogP contribution in [0.15, 0.2) is 35.4 Å². The molecule has 2 rings (SSSR count). The highest BCUT2D eigenvalue weighted by Crippen LogP contribution is 1.96. The minimum Gasteiger partial charge on any atom is -0.393 e. The van der Waals surface area contributed by atoms with E-state index in [1.807, 2.05) is 6.07 Å². The van der Waals surface area contributed by atoms with Gasteiger partial charge in [-0.1, -0.05) is 6.07 Å². The highest BCUT2D eigenvalue weighted by molar-refractivity contribution is 5.43. The molecular weight excluding hydrogens is 154 g/mol. The Labute approximate surface area is 68.3 Å². The van der Waals surface area contributed by atoms with Crippen LogP contribution in [0.1, 0.15) is 0 Å². The lowest BCUT2D eigenvalue weighted by Crippen LogP contribution is -2.17. The molecule has 0 aliphatic rings. The van der Waals surface area contributed by atoms with Gasteiger partial charge in [-0.2, -0.15) is 0 Å². The molecule has 2 aromatic rings. The zero-order valence-electron chi connectivity index (χ0n) is 6.27. The molecule has 0 atom stereocenters. The minimum absolute atomic E-state index is 0.165. The summed E-state index contributed by atoms with van der Waals surface area (Å²) in [5.74, 6) is 0. The van der Waals surface area contributed by atoms with Crippen molar-refractivity contribution in [1.82, 2.24) is 9.38 Å². The number of nitrogens with two attached hydrogens (primary N) is 1. The van der Waals surface area contributed by atoms with Crippen molar-refractivity contribution in [3.8, 4) is 0 Å². The van der Waals surface area contributed by atoms with Crippen LogP contribution in [-0.4, -0.2) is 9.38 Å². The standard InChI is InChI=1S/C8H7N3O/c9-6-5-10-7-3-1-2-4-11(7)8(6)12/h1-5H,9H2. The summed E-state index contributed by atoms with van der Waals surface area (Å²) in [6.45, 7) is 0. The minimum atomic E-state index is -0.222. The first-order valence-corrected chi connectivity index (χ1v) is 3.51. The normalized spacial score (nSPS) is 10.3. The molecule has 0 amide bonds. The van der Waals surface area contributed by atoms with Gasteiger partial charge in [-0.05, 0) is 12.1 Å². The number of aromatic nitrogens is 2. The van der Waals surface area contributed by atoms with Crippen LogP contribution < -0.4 is 11.3 Å². The number of nitrogen functional groups attached to an aromatic ring is 1. The molecule has 60 valence electrons. The molecule has 0 radical (unpaired) electrons. The number of hydrogen-bond donors (Lipinski definition) is 1. The van der Waals surface area contributed by atoms with Crippen molar-refractivity contribution >= 4 is 11.3 Å². The lowest BCUT2D eigenvalue weighted by Gasteiger charge is -1.98. The van der Waals surface area contributed by atoms with Crippen LogP contribution in [0.4, 0.5) is 5.69 Å². The van der Waals surface area contributed by atoms with Crippen LogP contribution in [-0.2, 0) is 0 Å². The first-order valence-electron chi connectivity index (χ1n) is 3.51. The summed E-state index contributed by atoms with van der Waals surface area (Å²) < 4.78 is 1.41. The van der Waals surface area contributed by atoms with E-state index < -0.39 is 0 Å². The van der Waals surface area contributed by atoms with E-state index in [2.05, 4.69) is 4.98 Å². The average molecular weight is 161 g/mol. The number of rotatable bonds is 0. The van der Waals surface area contributed by atoms with E-state index in [-0.39, 0.29) is 11.2 Å². The molecule has 0 aromatic carbocycles. The summed E-state index contributed by atoms with van der Waals surface area (Å²) >= 11 is 0. The topological polar surface area (TPSA) is 60.4 Å². The highest BCUT2D eigenvalue weighted by Gasteiger charge is 1.97. The molecule has 2 heterocycles. The van der Waals surface area contributed by atoms with Gasteiger partial charge in [-0.15, -0.1) is 0 Å². The van der Waals surface area contributed by atoms with Crippen molar-refractivity contribution in [2.45, 2.75) is 0 Å². The van der Waals surface area contributed by atoms with Crippen LogP contribution in [0.25, 0.3) is 5.65 Å². The van der Waals surface area contributed by atoms with Crippen LogP contribution in [0.3, 0.4) is 0 Å². The fraction of sp³-hybridized carbons (Fsp3) is 0. The molecule has 2 N–H and O–H groups in total. The maximum Gasteiger partial charge on any atom is 0.280 e. The maximum absolute atomic E-state index is 11.3. The molecule has 2 aromatic heterocycles. The number of hydrogen-bond acceptors (Lipinski definition) is 3. The summed E-state index contributed by atoms with van der Waals surface area (Å²) in [6, 6.07) is 5.33. The predicted molar refractivity (Wildman–Crippen MR) is 45.9 cm³/mol. The van der Waals surface area contributed by atoms with Gasteiger partial charge in [0.2, 0.25) is 0 Å². The number of anilines is 1. The monoisotopic (exact) mass is 161 g/mol. The van der Waals surface area contributed by atoms with E-state index in [1.54, 1.807) is 18.3 Å². The highest BCUT2D eigenvalue weighted by atomic mass is 16.1. The summed E-state index contributed by atoms with van der Waals surface area (Å²) in [4.78, 5) is 15.3. The van der Waals surface area contributed by atoms with Crippen molar-refractivity contribution < 1.29 is 0 Å². The van der Waals surface area contributed by atoms with Crippen molar-refractivity contribution in [3.63, 3.8) is 0 Å². The molecule has 4 heteroatoms. The van der Waals surface area contributed by atoms with E-state index in [4.69, 9.17) is 5.73 Å². The third kappa shape index (κ3) is 0.852. The lowest BCUT2D eigenvalue weighted by atomic mass is 10.4. The second-order valence-electron chi connectivity index (χ2n) is 2.45. The van der Waals surface area contributed by atoms with E-state index >= 15 is 0 Å². The van der Waals surface area contributed by atoms with Gasteiger partial charge in [0, 0.05) is 6.20 Å². The van der Waals surface area contributed by atoms with Crippen LogP contribution >= 0.6 is 0 Å². The zero-order valence-corrected chi connectivity index (χ0v) is 6.27. The van der Waals surface area contributed by atoms with Crippen molar-refractivity contribution in [2.75, 3.05) is 5.73 Å². The van der Waals surface area contributed by atoms with Gasteiger partial charge in [0.1, 0.15) is 11.3 Å². The molecule has 0 saturated heterocycles. The van der Waals surface area contributed by atoms with E-state index in [0.717, 1.165) is 0 Å². The van der Waals surface area contributed by atoms with Crippen molar-refractivity contribution in [3.05, 3.63) is 40.9 Å². The van der Waals surface area contributed by atoms with E-state index in [0.29, 0.717) is 5.65 Å². The van der Waals surface area contributed by atoms with Gasteiger partial charge < -0.3 is 5.73 Å². The van der Waals surface area contributed by atoms with Crippen molar-refractivity contribution in [1.29, 1.82) is 0 Å². The molecule has 0 fully saturated rings. The largest absolute Gasteiger partial charge is 0.393 e. The Morgan fingerprint density at radius 1 is 1.42 bits per heavy atom. The number of pyridine rings is 1. The molecule has 12 heavy (non-hydrogen) atoms. The Morgan fingerprint density at radius 3 is 3.08 bits per heavy atom. The summed E-state index contributed by atoms with van der Waals surface area (Å²) in [7, 11) is 0. The Balaban J connectivity index is 3.01. The summed E-state index contributed by atoms with van der Waals surface area (Å²) in [6.07, 6.45) is 3.01. The van der Waals surface area contributed by atoms with Gasteiger partial charge in [-0.3, -0.25) is 9.20 Å². The van der Waals surface area contributed by atoms with E-state index in [1.165, 1.54) is 10.6 Å². The molecule has 0 spiro atoms. The van der Waals surface area contributed by atoms with Gasteiger partial charge in [-0.25, -0.2) is 4.98 Å². The third-order valence-corrected chi connectivity index (χ3v) is 1.64. The van der Waals surface area contributed by atoms with Crippen molar-refractivity contribution in [2.24, 2.45) is 0 Å². The number of fused-ring (bicyclic) bond motifs is 1. The Bertz CT molecular complexity index is 475. The fourth-order valence-electron chi connectivity index (χ4n) is 1.04. The second-order valence-corrected chi connectivity index (χ2v) is 2.45. The predicted octanol–water partition coefficient (Wildman–Crippen LogP) is 0.277. The maximum atomic E-state index is 11.3. The molecule has 4 nitrogen and oxygen atoms in total. The third-order valence-electron chi connectivity index (χ3n) is 1.64. The molecular formula is C8H7N3O. The number of nitrogens with zero attached hydrogens (tertiary/aromatic N) is 2. The van der Waals surface area contributed by atoms with Crippen LogP contribution in [0.2, 0.25) is 0 Å². The zero-order chi connectivity index (χ0) is 8.55. The Hall–Kier alpha value is -1.84. The van der Waals surface area contributed by atoms with Gasteiger partial charge >= 0.3 is 0 Å². The summed E-state index contributed by atoms with van der Waals surface area (Å²) in [5, 5.41) is 0. The first kappa shape index (κ1) is 6.84. The Kier molecular flexibility index (Phi) is 1.33. The smallest absolute Gasteiger partial charge is 0.280 e. The van der Waals surface area contributed by atoms with Gasteiger partial charge in [0.15, 0.2) is 0 Å². The van der Waals surface area contributed by atoms with E-state index in [9.17, 15) is 4.79 Å². The average Bonchev–Trinajstić information content (AvgIpc) is 2.12. The fourth-order valence-corrected chi connectivity index (χ4v) is 1.04. The van der Waals surface area contributed by atoms with Crippen LogP contribution in [0, 0.1) is 0 Å². The van der Waals surface area contributed by atoms with Gasteiger partial charge in [0.05, 0.1) is 6.20 Å². The lowest BCUT2D eigenvalue weighted by molar-refractivity contribution is 1.05. The molecule has 0 aliphatic carbocycles. The Morgan fingerprint density at radius 2 is 2.25 bits per heavy atom. The molecule has 0 aliphatic heterocycles.